The van der Waals surface area contributed by atoms with Gasteiger partial charge in [0.15, 0.2) is 0 Å². The first-order valence-electron chi connectivity index (χ1n) is 8.57. The summed E-state index contributed by atoms with van der Waals surface area (Å²) in [6, 6.07) is 6.58. The lowest BCUT2D eigenvalue weighted by Crippen LogP contribution is -2.04. The maximum Gasteiger partial charge on any atom is 0.212 e. The van der Waals surface area contributed by atoms with E-state index in [0.29, 0.717) is 5.92 Å². The summed E-state index contributed by atoms with van der Waals surface area (Å²) in [6.45, 7) is 6.44. The van der Waals surface area contributed by atoms with Gasteiger partial charge in [0.25, 0.3) is 0 Å². The van der Waals surface area contributed by atoms with Gasteiger partial charge in [-0.25, -0.2) is 9.50 Å². The first-order valence-corrected chi connectivity index (χ1v) is 9.39. The van der Waals surface area contributed by atoms with Crippen molar-refractivity contribution < 1.29 is 0 Å². The molecular weight excluding hydrogens is 302 g/mol. The monoisotopic (exact) mass is 325 g/mol. The Morgan fingerprint density at radius 2 is 1.83 bits per heavy atom. The fraction of sp³-hybridized carbons (Fsp3) is 0.474. The van der Waals surface area contributed by atoms with Crippen molar-refractivity contribution in [2.75, 3.05) is 0 Å². The van der Waals surface area contributed by atoms with E-state index in [-0.39, 0.29) is 0 Å². The molecule has 0 atom stereocenters. The SMILES string of the molecule is Cc1ccc(-c2nc3sc(C4CCCCC4)nn3c2C)cc1C. The van der Waals surface area contributed by atoms with Crippen LogP contribution in [0.1, 0.15) is 59.9 Å². The molecule has 0 unspecified atom stereocenters. The second-order valence-corrected chi connectivity index (χ2v) is 7.80. The van der Waals surface area contributed by atoms with Crippen molar-refractivity contribution in [3.05, 3.63) is 40.0 Å². The number of aromatic nitrogens is 3. The van der Waals surface area contributed by atoms with Gasteiger partial charge >= 0.3 is 0 Å². The Morgan fingerprint density at radius 3 is 2.52 bits per heavy atom. The van der Waals surface area contributed by atoms with E-state index in [1.807, 2.05) is 0 Å². The molecule has 0 N–H and O–H groups in total. The van der Waals surface area contributed by atoms with Crippen LogP contribution in [0.15, 0.2) is 18.2 Å². The Balaban J connectivity index is 1.73. The number of benzene rings is 1. The van der Waals surface area contributed by atoms with Crippen LogP contribution >= 0.6 is 11.3 Å². The zero-order chi connectivity index (χ0) is 16.0. The highest BCUT2D eigenvalue weighted by molar-refractivity contribution is 7.16. The highest BCUT2D eigenvalue weighted by Crippen LogP contribution is 2.36. The van der Waals surface area contributed by atoms with E-state index in [1.165, 1.54) is 53.8 Å². The first kappa shape index (κ1) is 14.9. The van der Waals surface area contributed by atoms with Gasteiger partial charge < -0.3 is 0 Å². The van der Waals surface area contributed by atoms with Gasteiger partial charge in [-0.2, -0.15) is 5.10 Å². The summed E-state index contributed by atoms with van der Waals surface area (Å²) in [7, 11) is 0. The standard InChI is InChI=1S/C19H23N3S/c1-12-9-10-16(11-13(12)2)17-14(3)22-19(20-17)23-18(21-22)15-7-5-4-6-8-15/h9-11,15H,4-8H2,1-3H3. The van der Waals surface area contributed by atoms with Crippen LogP contribution in [0.4, 0.5) is 0 Å². The van der Waals surface area contributed by atoms with Gasteiger partial charge in [0.05, 0.1) is 11.4 Å². The molecule has 0 bridgehead atoms. The zero-order valence-electron chi connectivity index (χ0n) is 14.1. The maximum absolute atomic E-state index is 4.89. The molecular formula is C19H23N3S. The molecule has 2 heterocycles. The lowest BCUT2D eigenvalue weighted by molar-refractivity contribution is 0.439. The van der Waals surface area contributed by atoms with E-state index in [9.17, 15) is 0 Å². The molecule has 1 aromatic carbocycles. The quantitative estimate of drug-likeness (QED) is 0.629. The largest absolute Gasteiger partial charge is 0.217 e. The highest BCUT2D eigenvalue weighted by atomic mass is 32.1. The van der Waals surface area contributed by atoms with Gasteiger partial charge in [0, 0.05) is 11.5 Å². The van der Waals surface area contributed by atoms with Crippen molar-refractivity contribution in [3.63, 3.8) is 0 Å². The molecule has 0 saturated heterocycles. The van der Waals surface area contributed by atoms with Crippen LogP contribution in [-0.4, -0.2) is 14.6 Å². The van der Waals surface area contributed by atoms with Crippen LogP contribution in [0.3, 0.4) is 0 Å². The molecule has 0 amide bonds. The molecule has 0 spiro atoms. The summed E-state index contributed by atoms with van der Waals surface area (Å²) in [4.78, 5) is 5.93. The number of imidazole rings is 1. The molecule has 1 fully saturated rings. The second kappa shape index (κ2) is 5.75. The van der Waals surface area contributed by atoms with Crippen molar-refractivity contribution in [1.82, 2.24) is 14.6 Å². The lowest BCUT2D eigenvalue weighted by atomic mass is 9.90. The normalized spacial score (nSPS) is 16.3. The summed E-state index contributed by atoms with van der Waals surface area (Å²) >= 11 is 1.78. The van der Waals surface area contributed by atoms with E-state index in [1.54, 1.807) is 11.3 Å². The zero-order valence-corrected chi connectivity index (χ0v) is 14.9. The van der Waals surface area contributed by atoms with Crippen molar-refractivity contribution in [3.8, 4) is 11.3 Å². The number of nitrogens with zero attached hydrogens (tertiary/aromatic N) is 3. The molecule has 4 heteroatoms. The molecule has 1 aliphatic rings. The molecule has 2 aromatic heterocycles. The van der Waals surface area contributed by atoms with Crippen molar-refractivity contribution in [2.45, 2.75) is 58.8 Å². The van der Waals surface area contributed by atoms with Crippen molar-refractivity contribution in [2.24, 2.45) is 0 Å². The van der Waals surface area contributed by atoms with E-state index in [4.69, 9.17) is 10.1 Å². The number of hydrogen-bond acceptors (Lipinski definition) is 3. The lowest BCUT2D eigenvalue weighted by Gasteiger charge is -2.18. The van der Waals surface area contributed by atoms with E-state index < -0.39 is 0 Å². The Morgan fingerprint density at radius 1 is 1.04 bits per heavy atom. The minimum absolute atomic E-state index is 0.653. The van der Waals surface area contributed by atoms with Gasteiger partial charge in [0.2, 0.25) is 4.96 Å². The third-order valence-electron chi connectivity index (χ3n) is 5.18. The molecule has 23 heavy (non-hydrogen) atoms. The average molecular weight is 325 g/mol. The van der Waals surface area contributed by atoms with Crippen LogP contribution in [0.25, 0.3) is 16.2 Å². The van der Waals surface area contributed by atoms with E-state index >= 15 is 0 Å². The predicted octanol–water partition coefficient (Wildman–Crippen LogP) is 5.43. The molecule has 0 aliphatic heterocycles. The van der Waals surface area contributed by atoms with E-state index in [2.05, 4.69) is 43.5 Å². The Hall–Kier alpha value is -1.68. The van der Waals surface area contributed by atoms with E-state index in [0.717, 1.165) is 16.3 Å². The maximum atomic E-state index is 4.89. The van der Waals surface area contributed by atoms with Crippen LogP contribution < -0.4 is 0 Å². The predicted molar refractivity (Wildman–Crippen MR) is 96.3 cm³/mol. The third-order valence-corrected chi connectivity index (χ3v) is 6.25. The van der Waals surface area contributed by atoms with Crippen molar-refractivity contribution in [1.29, 1.82) is 0 Å². The Kier molecular flexibility index (Phi) is 3.72. The van der Waals surface area contributed by atoms with Crippen molar-refractivity contribution >= 4 is 16.3 Å². The first-order chi connectivity index (χ1) is 11.1. The number of fused-ring (bicyclic) bond motifs is 1. The Bertz CT molecular complexity index is 853. The molecule has 0 radical (unpaired) electrons. The molecule has 4 rings (SSSR count). The smallest absolute Gasteiger partial charge is 0.212 e. The van der Waals surface area contributed by atoms with Crippen LogP contribution in [0.2, 0.25) is 0 Å². The summed E-state index contributed by atoms with van der Waals surface area (Å²) in [5.41, 5.74) is 6.06. The molecule has 3 nitrogen and oxygen atoms in total. The fourth-order valence-electron chi connectivity index (χ4n) is 3.54. The summed E-state index contributed by atoms with van der Waals surface area (Å²) in [5.74, 6) is 0.653. The summed E-state index contributed by atoms with van der Waals surface area (Å²) in [5, 5.41) is 6.17. The fourth-order valence-corrected chi connectivity index (χ4v) is 4.65. The molecule has 120 valence electrons. The number of hydrogen-bond donors (Lipinski definition) is 0. The van der Waals surface area contributed by atoms with Gasteiger partial charge in [-0.1, -0.05) is 42.7 Å². The van der Waals surface area contributed by atoms with Crippen LogP contribution in [0, 0.1) is 20.8 Å². The minimum atomic E-state index is 0.653. The number of aryl methyl sites for hydroxylation is 3. The second-order valence-electron chi connectivity index (χ2n) is 6.81. The molecule has 3 aromatic rings. The van der Waals surface area contributed by atoms with Gasteiger partial charge in [-0.15, -0.1) is 0 Å². The highest BCUT2D eigenvalue weighted by Gasteiger charge is 2.22. The minimum Gasteiger partial charge on any atom is -0.217 e. The van der Waals surface area contributed by atoms with Gasteiger partial charge in [-0.05, 0) is 50.8 Å². The molecule has 1 aliphatic carbocycles. The molecule has 1 saturated carbocycles. The average Bonchev–Trinajstić information content (AvgIpc) is 3.11. The topological polar surface area (TPSA) is 30.2 Å². The third kappa shape index (κ3) is 2.59. The number of rotatable bonds is 2. The summed E-state index contributed by atoms with van der Waals surface area (Å²) < 4.78 is 2.05. The van der Waals surface area contributed by atoms with Gasteiger partial charge in [0.1, 0.15) is 5.01 Å². The Labute approximate surface area is 141 Å². The van der Waals surface area contributed by atoms with Crippen LogP contribution in [-0.2, 0) is 0 Å². The summed E-state index contributed by atoms with van der Waals surface area (Å²) in [6.07, 6.45) is 6.66. The van der Waals surface area contributed by atoms with Crippen LogP contribution in [0.5, 0.6) is 0 Å². The van der Waals surface area contributed by atoms with Gasteiger partial charge in [-0.3, -0.25) is 0 Å².